The SMILES string of the molecule is CC(C)CC(=O)c1ccc(S(=O)(=O)NCCO)cc1. The standard InChI is InChI=1S/C13H19NO4S/c1-10(2)9-13(16)11-3-5-12(6-4-11)19(17,18)14-7-8-15/h3-6,10,14-15H,7-9H2,1-2H3. The number of rotatable bonds is 7. The fraction of sp³-hybridized carbons (Fsp3) is 0.462. The van der Waals surface area contributed by atoms with Gasteiger partial charge in [-0.3, -0.25) is 4.79 Å². The van der Waals surface area contributed by atoms with E-state index < -0.39 is 10.0 Å². The molecule has 1 aromatic carbocycles. The second-order valence-electron chi connectivity index (χ2n) is 4.67. The summed E-state index contributed by atoms with van der Waals surface area (Å²) in [4.78, 5) is 11.9. The summed E-state index contributed by atoms with van der Waals surface area (Å²) in [6.45, 7) is 3.62. The molecular weight excluding hydrogens is 266 g/mol. The summed E-state index contributed by atoms with van der Waals surface area (Å²) < 4.78 is 25.7. The first-order valence-electron chi connectivity index (χ1n) is 6.10. The van der Waals surface area contributed by atoms with Crippen molar-refractivity contribution in [3.05, 3.63) is 29.8 Å². The highest BCUT2D eigenvalue weighted by atomic mass is 32.2. The minimum atomic E-state index is -3.61. The maximum Gasteiger partial charge on any atom is 0.240 e. The van der Waals surface area contributed by atoms with Crippen molar-refractivity contribution >= 4 is 15.8 Å². The van der Waals surface area contributed by atoms with Crippen molar-refractivity contribution in [2.75, 3.05) is 13.2 Å². The highest BCUT2D eigenvalue weighted by Crippen LogP contribution is 2.13. The van der Waals surface area contributed by atoms with Gasteiger partial charge in [0.1, 0.15) is 0 Å². The van der Waals surface area contributed by atoms with Gasteiger partial charge in [0.2, 0.25) is 10.0 Å². The molecule has 0 spiro atoms. The third-order valence-corrected chi connectivity index (χ3v) is 3.96. The van der Waals surface area contributed by atoms with Crippen LogP contribution in [0.15, 0.2) is 29.2 Å². The molecule has 6 heteroatoms. The van der Waals surface area contributed by atoms with E-state index in [1.165, 1.54) is 24.3 Å². The number of hydrogen-bond donors (Lipinski definition) is 2. The first kappa shape index (κ1) is 15.8. The minimum absolute atomic E-state index is 0.00210. The molecule has 106 valence electrons. The van der Waals surface area contributed by atoms with Crippen LogP contribution in [0.25, 0.3) is 0 Å². The van der Waals surface area contributed by atoms with Crippen molar-refractivity contribution < 1.29 is 18.3 Å². The van der Waals surface area contributed by atoms with E-state index in [1.807, 2.05) is 13.8 Å². The lowest BCUT2D eigenvalue weighted by Crippen LogP contribution is -2.26. The zero-order valence-electron chi connectivity index (χ0n) is 11.1. The molecule has 0 aromatic heterocycles. The Balaban J connectivity index is 2.84. The summed E-state index contributed by atoms with van der Waals surface area (Å²) in [7, 11) is -3.61. The fourth-order valence-electron chi connectivity index (χ4n) is 1.57. The molecule has 2 N–H and O–H groups in total. The first-order chi connectivity index (χ1) is 8.86. The maximum absolute atomic E-state index is 11.8. The van der Waals surface area contributed by atoms with Crippen LogP contribution in [-0.4, -0.2) is 32.5 Å². The van der Waals surface area contributed by atoms with Gasteiger partial charge in [0, 0.05) is 18.5 Å². The molecule has 0 aliphatic carbocycles. The summed E-state index contributed by atoms with van der Waals surface area (Å²) in [5.74, 6) is 0.268. The van der Waals surface area contributed by atoms with Crippen LogP contribution in [0.1, 0.15) is 30.6 Å². The number of carbonyl (C=O) groups excluding carboxylic acids is 1. The van der Waals surface area contributed by atoms with Crippen LogP contribution in [-0.2, 0) is 10.0 Å². The predicted octanol–water partition coefficient (Wildman–Crippen LogP) is 1.19. The minimum Gasteiger partial charge on any atom is -0.395 e. The number of sulfonamides is 1. The zero-order chi connectivity index (χ0) is 14.5. The molecule has 0 unspecified atom stereocenters. The molecule has 19 heavy (non-hydrogen) atoms. The van der Waals surface area contributed by atoms with E-state index in [0.29, 0.717) is 12.0 Å². The number of hydrogen-bond acceptors (Lipinski definition) is 4. The van der Waals surface area contributed by atoms with Crippen molar-refractivity contribution in [3.63, 3.8) is 0 Å². The number of aliphatic hydroxyl groups is 1. The topological polar surface area (TPSA) is 83.5 Å². The van der Waals surface area contributed by atoms with Gasteiger partial charge in [-0.2, -0.15) is 0 Å². The van der Waals surface area contributed by atoms with E-state index in [0.717, 1.165) is 0 Å². The Hall–Kier alpha value is -1.24. The van der Waals surface area contributed by atoms with Crippen LogP contribution < -0.4 is 4.72 Å². The number of benzene rings is 1. The summed E-state index contributed by atoms with van der Waals surface area (Å²) in [6.07, 6.45) is 0.439. The van der Waals surface area contributed by atoms with Crippen LogP contribution in [0.4, 0.5) is 0 Å². The van der Waals surface area contributed by atoms with Crippen molar-refractivity contribution in [1.82, 2.24) is 4.72 Å². The number of nitrogens with one attached hydrogen (secondary N) is 1. The Morgan fingerprint density at radius 1 is 1.26 bits per heavy atom. The molecule has 0 saturated carbocycles. The lowest BCUT2D eigenvalue weighted by atomic mass is 10.0. The zero-order valence-corrected chi connectivity index (χ0v) is 11.9. The lowest BCUT2D eigenvalue weighted by Gasteiger charge is -2.07. The Morgan fingerprint density at radius 3 is 2.32 bits per heavy atom. The highest BCUT2D eigenvalue weighted by Gasteiger charge is 2.14. The fourth-order valence-corrected chi connectivity index (χ4v) is 2.59. The smallest absolute Gasteiger partial charge is 0.240 e. The molecule has 0 saturated heterocycles. The monoisotopic (exact) mass is 285 g/mol. The van der Waals surface area contributed by atoms with Gasteiger partial charge < -0.3 is 5.11 Å². The van der Waals surface area contributed by atoms with Crippen LogP contribution in [0.3, 0.4) is 0 Å². The molecule has 0 radical (unpaired) electrons. The highest BCUT2D eigenvalue weighted by molar-refractivity contribution is 7.89. The van der Waals surface area contributed by atoms with E-state index in [2.05, 4.69) is 4.72 Å². The lowest BCUT2D eigenvalue weighted by molar-refractivity contribution is 0.0967. The average Bonchev–Trinajstić information content (AvgIpc) is 2.36. The van der Waals surface area contributed by atoms with Gasteiger partial charge in [0.15, 0.2) is 5.78 Å². The van der Waals surface area contributed by atoms with E-state index in [4.69, 9.17) is 5.11 Å². The molecule has 0 aliphatic rings. The van der Waals surface area contributed by atoms with Gasteiger partial charge in [-0.05, 0) is 18.1 Å². The molecule has 1 aromatic rings. The molecule has 5 nitrogen and oxygen atoms in total. The van der Waals surface area contributed by atoms with Gasteiger partial charge in [-0.1, -0.05) is 26.0 Å². The Kier molecular flexibility index (Phi) is 5.65. The summed E-state index contributed by atoms with van der Waals surface area (Å²) in [5, 5.41) is 8.61. The number of carbonyl (C=O) groups is 1. The van der Waals surface area contributed by atoms with Crippen molar-refractivity contribution in [2.24, 2.45) is 5.92 Å². The molecule has 0 heterocycles. The molecule has 0 fully saturated rings. The van der Waals surface area contributed by atoms with Gasteiger partial charge in [0.25, 0.3) is 0 Å². The van der Waals surface area contributed by atoms with Crippen molar-refractivity contribution in [3.8, 4) is 0 Å². The Bertz CT molecular complexity index is 520. The van der Waals surface area contributed by atoms with E-state index >= 15 is 0 Å². The molecular formula is C13H19NO4S. The molecule has 0 atom stereocenters. The number of Topliss-reactive ketones (excluding diaryl/α,β-unsaturated/α-hetero) is 1. The van der Waals surface area contributed by atoms with Crippen molar-refractivity contribution in [1.29, 1.82) is 0 Å². The van der Waals surface area contributed by atoms with Crippen LogP contribution in [0.2, 0.25) is 0 Å². The summed E-state index contributed by atoms with van der Waals surface area (Å²) in [5.41, 5.74) is 0.509. The Labute approximate surface area is 113 Å². The molecule has 0 amide bonds. The summed E-state index contributed by atoms with van der Waals surface area (Å²) in [6, 6.07) is 5.82. The number of aliphatic hydroxyl groups excluding tert-OH is 1. The van der Waals surface area contributed by atoms with Gasteiger partial charge >= 0.3 is 0 Å². The molecule has 0 bridgehead atoms. The van der Waals surface area contributed by atoms with Crippen LogP contribution >= 0.6 is 0 Å². The van der Waals surface area contributed by atoms with Crippen molar-refractivity contribution in [2.45, 2.75) is 25.2 Å². The van der Waals surface area contributed by atoms with Crippen LogP contribution in [0.5, 0.6) is 0 Å². The van der Waals surface area contributed by atoms with Gasteiger partial charge in [0.05, 0.1) is 11.5 Å². The summed E-state index contributed by atoms with van der Waals surface area (Å²) >= 11 is 0. The van der Waals surface area contributed by atoms with E-state index in [-0.39, 0.29) is 29.7 Å². The maximum atomic E-state index is 11.8. The quantitative estimate of drug-likeness (QED) is 0.737. The van der Waals surface area contributed by atoms with Gasteiger partial charge in [-0.15, -0.1) is 0 Å². The molecule has 0 aliphatic heterocycles. The predicted molar refractivity (Wildman–Crippen MR) is 72.5 cm³/mol. The second kappa shape index (κ2) is 6.79. The number of ketones is 1. The van der Waals surface area contributed by atoms with Crippen LogP contribution in [0, 0.1) is 5.92 Å². The average molecular weight is 285 g/mol. The third-order valence-electron chi connectivity index (χ3n) is 2.48. The van der Waals surface area contributed by atoms with E-state index in [1.54, 1.807) is 0 Å². The Morgan fingerprint density at radius 2 is 1.84 bits per heavy atom. The second-order valence-corrected chi connectivity index (χ2v) is 6.43. The van der Waals surface area contributed by atoms with E-state index in [9.17, 15) is 13.2 Å². The van der Waals surface area contributed by atoms with Gasteiger partial charge in [-0.25, -0.2) is 13.1 Å². The molecule has 1 rings (SSSR count). The normalized spacial score (nSPS) is 11.8. The largest absolute Gasteiger partial charge is 0.395 e. The third kappa shape index (κ3) is 4.74. The first-order valence-corrected chi connectivity index (χ1v) is 7.59.